The summed E-state index contributed by atoms with van der Waals surface area (Å²) >= 11 is 0. The van der Waals surface area contributed by atoms with Gasteiger partial charge in [0, 0.05) is 23.5 Å². The monoisotopic (exact) mass is 348 g/mol. The molecule has 1 aromatic heterocycles. The lowest BCUT2D eigenvalue weighted by atomic mass is 9.95. The molecule has 140 valence electrons. The number of aryl methyl sites for hydroxylation is 1. The summed E-state index contributed by atoms with van der Waals surface area (Å²) < 4.78 is 7.35. The summed E-state index contributed by atoms with van der Waals surface area (Å²) in [5, 5.41) is 0. The van der Waals surface area contributed by atoms with Crippen molar-refractivity contribution in [1.82, 2.24) is 9.47 Å². The second-order valence-electron chi connectivity index (χ2n) is 7.28. The number of carbonyl (C=O) groups is 2. The van der Waals surface area contributed by atoms with E-state index in [1.807, 2.05) is 26.8 Å². The second-order valence-corrected chi connectivity index (χ2v) is 7.28. The lowest BCUT2D eigenvalue weighted by Crippen LogP contribution is -2.41. The van der Waals surface area contributed by atoms with Crippen LogP contribution in [0.15, 0.2) is 6.07 Å². The van der Waals surface area contributed by atoms with Crippen molar-refractivity contribution in [3.8, 4) is 0 Å². The Morgan fingerprint density at radius 3 is 2.44 bits per heavy atom. The van der Waals surface area contributed by atoms with Crippen LogP contribution < -0.4 is 0 Å². The molecule has 0 atom stereocenters. The van der Waals surface area contributed by atoms with Gasteiger partial charge in [-0.25, -0.2) is 0 Å². The lowest BCUT2D eigenvalue weighted by Gasteiger charge is -2.28. The van der Waals surface area contributed by atoms with E-state index in [1.165, 1.54) is 32.1 Å². The van der Waals surface area contributed by atoms with Gasteiger partial charge in [0.1, 0.15) is 6.54 Å². The van der Waals surface area contributed by atoms with E-state index in [1.54, 1.807) is 11.8 Å². The van der Waals surface area contributed by atoms with Crippen molar-refractivity contribution in [3.05, 3.63) is 23.0 Å². The highest BCUT2D eigenvalue weighted by Gasteiger charge is 2.27. The van der Waals surface area contributed by atoms with Crippen LogP contribution in [0.4, 0.5) is 0 Å². The summed E-state index contributed by atoms with van der Waals surface area (Å²) in [6.07, 6.45) is 6.18. The third-order valence-corrected chi connectivity index (χ3v) is 5.14. The molecule has 2 rings (SSSR count). The fraction of sp³-hybridized carbons (Fsp3) is 0.700. The van der Waals surface area contributed by atoms with E-state index in [2.05, 4.69) is 11.5 Å². The Hall–Kier alpha value is -1.78. The Kier molecular flexibility index (Phi) is 6.68. The fourth-order valence-electron chi connectivity index (χ4n) is 3.88. The Morgan fingerprint density at radius 1 is 1.24 bits per heavy atom. The minimum absolute atomic E-state index is 0.00254. The normalized spacial score (nSPS) is 15.4. The van der Waals surface area contributed by atoms with E-state index in [-0.39, 0.29) is 24.5 Å². The first kappa shape index (κ1) is 19.5. The first-order valence-corrected chi connectivity index (χ1v) is 9.51. The summed E-state index contributed by atoms with van der Waals surface area (Å²) in [4.78, 5) is 26.6. The van der Waals surface area contributed by atoms with Gasteiger partial charge in [-0.15, -0.1) is 0 Å². The van der Waals surface area contributed by atoms with E-state index in [0.29, 0.717) is 18.2 Å². The van der Waals surface area contributed by atoms with Crippen LogP contribution in [-0.2, 0) is 9.53 Å². The minimum Gasteiger partial charge on any atom is -0.465 e. The van der Waals surface area contributed by atoms with Crippen LogP contribution >= 0.6 is 0 Å². The van der Waals surface area contributed by atoms with E-state index < -0.39 is 0 Å². The maximum absolute atomic E-state index is 13.1. The molecular weight excluding hydrogens is 316 g/mol. The van der Waals surface area contributed by atoms with Gasteiger partial charge in [-0.3, -0.25) is 9.59 Å². The molecule has 0 aromatic carbocycles. The number of ether oxygens (including phenoxy) is 1. The summed E-state index contributed by atoms with van der Waals surface area (Å²) in [6, 6.07) is 2.41. The minimum atomic E-state index is -0.356. The number of nitrogens with zero attached hydrogens (tertiary/aromatic N) is 2. The number of esters is 1. The molecular formula is C20H32N2O3. The van der Waals surface area contributed by atoms with Gasteiger partial charge in [0.2, 0.25) is 0 Å². The van der Waals surface area contributed by atoms with Gasteiger partial charge in [0.25, 0.3) is 5.91 Å². The molecule has 5 nitrogen and oxygen atoms in total. The lowest BCUT2D eigenvalue weighted by molar-refractivity contribution is -0.144. The molecule has 0 radical (unpaired) electrons. The first-order valence-electron chi connectivity index (χ1n) is 9.51. The van der Waals surface area contributed by atoms with Gasteiger partial charge >= 0.3 is 5.97 Å². The molecule has 1 amide bonds. The number of hydrogen-bond donors (Lipinski definition) is 0. The highest BCUT2D eigenvalue weighted by molar-refractivity contribution is 5.97. The van der Waals surface area contributed by atoms with Gasteiger partial charge in [-0.05, 0) is 53.5 Å². The van der Waals surface area contributed by atoms with Crippen molar-refractivity contribution >= 4 is 11.9 Å². The van der Waals surface area contributed by atoms with Crippen molar-refractivity contribution in [1.29, 1.82) is 0 Å². The molecule has 5 heteroatoms. The molecule has 0 aliphatic heterocycles. The third-order valence-electron chi connectivity index (χ3n) is 5.14. The van der Waals surface area contributed by atoms with Crippen LogP contribution in [0.1, 0.15) is 80.7 Å². The molecule has 1 aliphatic rings. The fourth-order valence-corrected chi connectivity index (χ4v) is 3.88. The van der Waals surface area contributed by atoms with Crippen LogP contribution in [-0.4, -0.2) is 40.5 Å². The van der Waals surface area contributed by atoms with Gasteiger partial charge in [0.15, 0.2) is 0 Å². The van der Waals surface area contributed by atoms with Crippen LogP contribution in [0.2, 0.25) is 0 Å². The zero-order valence-electron chi connectivity index (χ0n) is 16.3. The van der Waals surface area contributed by atoms with Gasteiger partial charge in [-0.1, -0.05) is 19.3 Å². The predicted molar refractivity (Wildman–Crippen MR) is 98.8 cm³/mol. The van der Waals surface area contributed by atoms with Gasteiger partial charge in [0.05, 0.1) is 12.2 Å². The van der Waals surface area contributed by atoms with E-state index in [9.17, 15) is 9.59 Å². The number of aromatic nitrogens is 1. The topological polar surface area (TPSA) is 51.5 Å². The maximum atomic E-state index is 13.1. The quantitative estimate of drug-likeness (QED) is 0.730. The Labute approximate surface area is 151 Å². The molecule has 25 heavy (non-hydrogen) atoms. The summed E-state index contributed by atoms with van der Waals surface area (Å²) in [5.74, 6) is -0.441. The molecule has 1 heterocycles. The van der Waals surface area contributed by atoms with Crippen molar-refractivity contribution in [2.45, 2.75) is 78.8 Å². The summed E-state index contributed by atoms with van der Waals surface area (Å²) in [5.41, 5.74) is 2.86. The SMILES string of the molecule is CCOC(=O)CN(C(=O)c1cc(C)n(C2CCCCC2)c1C)C(C)C. The Bertz CT molecular complexity index is 613. The average molecular weight is 348 g/mol. The first-order chi connectivity index (χ1) is 11.9. The van der Waals surface area contributed by atoms with Crippen LogP contribution in [0.3, 0.4) is 0 Å². The highest BCUT2D eigenvalue weighted by atomic mass is 16.5. The zero-order chi connectivity index (χ0) is 18.6. The van der Waals surface area contributed by atoms with Crippen LogP contribution in [0.25, 0.3) is 0 Å². The molecule has 1 aromatic rings. The summed E-state index contributed by atoms with van der Waals surface area (Å²) in [7, 11) is 0. The molecule has 1 saturated carbocycles. The molecule has 0 bridgehead atoms. The number of carbonyl (C=O) groups excluding carboxylic acids is 2. The Balaban J connectivity index is 2.26. The van der Waals surface area contributed by atoms with Crippen molar-refractivity contribution in [2.24, 2.45) is 0 Å². The molecule has 1 fully saturated rings. The summed E-state index contributed by atoms with van der Waals surface area (Å²) in [6.45, 7) is 10.1. The number of rotatable bonds is 6. The maximum Gasteiger partial charge on any atom is 0.325 e. The molecule has 0 unspecified atom stereocenters. The second kappa shape index (κ2) is 8.54. The average Bonchev–Trinajstić information content (AvgIpc) is 2.87. The van der Waals surface area contributed by atoms with Crippen molar-refractivity contribution < 1.29 is 14.3 Å². The molecule has 0 saturated heterocycles. The number of hydrogen-bond acceptors (Lipinski definition) is 3. The van der Waals surface area contributed by atoms with E-state index >= 15 is 0 Å². The standard InChI is InChI=1S/C20H32N2O3/c1-6-25-19(23)13-21(14(2)3)20(24)18-12-15(4)22(16(18)5)17-10-8-7-9-11-17/h12,14,17H,6-11,13H2,1-5H3. The van der Waals surface area contributed by atoms with Crippen LogP contribution in [0, 0.1) is 13.8 Å². The van der Waals surface area contributed by atoms with Crippen molar-refractivity contribution in [2.75, 3.05) is 13.2 Å². The zero-order valence-corrected chi connectivity index (χ0v) is 16.3. The van der Waals surface area contributed by atoms with Crippen molar-refractivity contribution in [3.63, 3.8) is 0 Å². The van der Waals surface area contributed by atoms with E-state index in [4.69, 9.17) is 4.74 Å². The van der Waals surface area contributed by atoms with Gasteiger partial charge in [-0.2, -0.15) is 0 Å². The largest absolute Gasteiger partial charge is 0.465 e. The van der Waals surface area contributed by atoms with E-state index in [0.717, 1.165) is 11.4 Å². The van der Waals surface area contributed by atoms with Gasteiger partial charge < -0.3 is 14.2 Å². The highest BCUT2D eigenvalue weighted by Crippen LogP contribution is 2.32. The molecule has 0 N–H and O–H groups in total. The number of amides is 1. The third kappa shape index (κ3) is 4.44. The van der Waals surface area contributed by atoms with Crippen LogP contribution in [0.5, 0.6) is 0 Å². The predicted octanol–water partition coefficient (Wildman–Crippen LogP) is 4.02. The smallest absolute Gasteiger partial charge is 0.325 e. The Morgan fingerprint density at radius 2 is 1.88 bits per heavy atom. The molecule has 1 aliphatic carbocycles. The molecule has 0 spiro atoms.